The summed E-state index contributed by atoms with van der Waals surface area (Å²) in [7, 11) is 3.27. The van der Waals surface area contributed by atoms with Crippen LogP contribution in [0.3, 0.4) is 0 Å². The van der Waals surface area contributed by atoms with Gasteiger partial charge in [-0.15, -0.1) is 0 Å². The number of nitrogens with zero attached hydrogens (tertiary/aromatic N) is 2. The van der Waals surface area contributed by atoms with Crippen LogP contribution in [0, 0.1) is 0 Å². The summed E-state index contributed by atoms with van der Waals surface area (Å²) in [5.41, 5.74) is 1.41. The molecule has 1 heterocycles. The monoisotopic (exact) mass is 599 g/mol. The Morgan fingerprint density at radius 3 is 2.37 bits per heavy atom. The van der Waals surface area contributed by atoms with E-state index >= 15 is 0 Å². The zero-order chi connectivity index (χ0) is 31.0. The maximum atomic E-state index is 13.5. The molecule has 3 aromatic carbocycles. The molecule has 0 spiro atoms. The Bertz CT molecular complexity index is 1390. The molecular formula is C32H40F3N5O3. The molecular weight excluding hydrogens is 559 g/mol. The van der Waals surface area contributed by atoms with E-state index in [4.69, 9.17) is 4.74 Å². The Morgan fingerprint density at radius 1 is 0.977 bits per heavy atom. The molecule has 1 aliphatic rings. The highest BCUT2D eigenvalue weighted by Crippen LogP contribution is 2.33. The van der Waals surface area contributed by atoms with E-state index < -0.39 is 17.8 Å². The van der Waals surface area contributed by atoms with E-state index in [1.54, 1.807) is 19.1 Å². The SMILES string of the molecule is CNCC(=O)NC(CC(=O)N1CCN(c2ccc(C(F)(F)F)cc2CNC(C)COC)CC1)c1ccc2ccccc2c1. The van der Waals surface area contributed by atoms with Crippen molar-refractivity contribution in [1.29, 1.82) is 0 Å². The van der Waals surface area contributed by atoms with Crippen molar-refractivity contribution >= 4 is 28.3 Å². The molecule has 1 aliphatic heterocycles. The van der Waals surface area contributed by atoms with Crippen LogP contribution >= 0.6 is 0 Å². The molecule has 1 fully saturated rings. The molecule has 2 amide bonds. The summed E-state index contributed by atoms with van der Waals surface area (Å²) in [6.07, 6.45) is -4.35. The lowest BCUT2D eigenvalue weighted by molar-refractivity contribution is -0.137. The molecule has 232 valence electrons. The van der Waals surface area contributed by atoms with Gasteiger partial charge in [0.15, 0.2) is 0 Å². The van der Waals surface area contributed by atoms with Gasteiger partial charge in [-0.05, 0) is 60.1 Å². The van der Waals surface area contributed by atoms with Crippen molar-refractivity contribution in [2.24, 2.45) is 0 Å². The number of methoxy groups -OCH3 is 1. The van der Waals surface area contributed by atoms with E-state index in [0.717, 1.165) is 22.4 Å². The Morgan fingerprint density at radius 2 is 1.70 bits per heavy atom. The van der Waals surface area contributed by atoms with Gasteiger partial charge in [0.1, 0.15) is 0 Å². The average Bonchev–Trinajstić information content (AvgIpc) is 2.99. The largest absolute Gasteiger partial charge is 0.416 e. The predicted octanol–water partition coefficient (Wildman–Crippen LogP) is 4.10. The van der Waals surface area contributed by atoms with Crippen molar-refractivity contribution in [3.8, 4) is 0 Å². The number of nitrogens with one attached hydrogen (secondary N) is 3. The second-order valence-electron chi connectivity index (χ2n) is 10.9. The van der Waals surface area contributed by atoms with Crippen LogP contribution in [0.4, 0.5) is 18.9 Å². The minimum absolute atomic E-state index is 0.0361. The first kappa shape index (κ1) is 32.2. The summed E-state index contributed by atoms with van der Waals surface area (Å²) in [6.45, 7) is 4.52. The van der Waals surface area contributed by atoms with E-state index in [9.17, 15) is 22.8 Å². The lowest BCUT2D eigenvalue weighted by atomic mass is 9.99. The maximum absolute atomic E-state index is 13.5. The zero-order valence-corrected chi connectivity index (χ0v) is 24.8. The Labute approximate surface area is 250 Å². The molecule has 2 atom stereocenters. The predicted molar refractivity (Wildman–Crippen MR) is 162 cm³/mol. The van der Waals surface area contributed by atoms with Gasteiger partial charge < -0.3 is 30.5 Å². The average molecular weight is 600 g/mol. The molecule has 2 unspecified atom stereocenters. The van der Waals surface area contributed by atoms with Gasteiger partial charge in [-0.1, -0.05) is 36.4 Å². The van der Waals surface area contributed by atoms with E-state index in [2.05, 4.69) is 16.0 Å². The Kier molecular flexibility index (Phi) is 11.0. The quantitative estimate of drug-likeness (QED) is 0.291. The molecule has 0 aromatic heterocycles. The molecule has 0 saturated carbocycles. The fraction of sp³-hybridized carbons (Fsp3) is 0.438. The van der Waals surface area contributed by atoms with Crippen LogP contribution in [-0.4, -0.2) is 76.2 Å². The lowest BCUT2D eigenvalue weighted by Crippen LogP contribution is -2.50. The topological polar surface area (TPSA) is 85.9 Å². The first-order chi connectivity index (χ1) is 20.6. The molecule has 1 saturated heterocycles. The smallest absolute Gasteiger partial charge is 0.383 e. The third-order valence-corrected chi connectivity index (χ3v) is 7.66. The van der Waals surface area contributed by atoms with Crippen molar-refractivity contribution in [2.45, 2.75) is 38.1 Å². The zero-order valence-electron chi connectivity index (χ0n) is 24.8. The summed E-state index contributed by atoms with van der Waals surface area (Å²) < 4.78 is 45.6. The Balaban J connectivity index is 1.46. The number of amides is 2. The van der Waals surface area contributed by atoms with Crippen molar-refractivity contribution in [1.82, 2.24) is 20.9 Å². The van der Waals surface area contributed by atoms with Crippen LogP contribution in [0.15, 0.2) is 60.7 Å². The second-order valence-corrected chi connectivity index (χ2v) is 10.9. The number of hydrogen-bond donors (Lipinski definition) is 3. The molecule has 0 bridgehead atoms. The second kappa shape index (κ2) is 14.7. The third kappa shape index (κ3) is 8.68. The standard InChI is InChI=1S/C32H40F3N5O3/c1-22(21-43-3)37-19-26-17-27(32(33,34)35)10-11-29(26)39-12-14-40(15-13-39)31(42)18-28(38-30(41)20-36-2)25-9-8-23-6-4-5-7-24(23)16-25/h4-11,16-17,22,28,36-37H,12-15,18-21H2,1-3H3,(H,38,41). The summed E-state index contributed by atoms with van der Waals surface area (Å²) >= 11 is 0. The van der Waals surface area contributed by atoms with Gasteiger partial charge >= 0.3 is 6.18 Å². The van der Waals surface area contributed by atoms with Crippen LogP contribution < -0.4 is 20.9 Å². The maximum Gasteiger partial charge on any atom is 0.416 e. The summed E-state index contributed by atoms with van der Waals surface area (Å²) in [5.74, 6) is -0.299. The van der Waals surface area contributed by atoms with Gasteiger partial charge in [0.05, 0.1) is 31.2 Å². The summed E-state index contributed by atoms with van der Waals surface area (Å²) in [4.78, 5) is 29.8. The van der Waals surface area contributed by atoms with Crippen molar-refractivity contribution < 1.29 is 27.5 Å². The molecule has 43 heavy (non-hydrogen) atoms. The summed E-state index contributed by atoms with van der Waals surface area (Å²) in [6, 6.07) is 17.1. The van der Waals surface area contributed by atoms with Gasteiger partial charge in [-0.3, -0.25) is 9.59 Å². The van der Waals surface area contributed by atoms with Gasteiger partial charge in [0.25, 0.3) is 0 Å². The van der Waals surface area contributed by atoms with E-state index in [0.29, 0.717) is 44.0 Å². The number of ether oxygens (including phenoxy) is 1. The number of hydrogen-bond acceptors (Lipinski definition) is 6. The van der Waals surface area contributed by atoms with Gasteiger partial charge in [-0.2, -0.15) is 13.2 Å². The fourth-order valence-corrected chi connectivity index (χ4v) is 5.39. The van der Waals surface area contributed by atoms with Crippen LogP contribution in [0.2, 0.25) is 0 Å². The molecule has 3 N–H and O–H groups in total. The third-order valence-electron chi connectivity index (χ3n) is 7.66. The molecule has 4 rings (SSSR count). The number of rotatable bonds is 12. The fourth-order valence-electron chi connectivity index (χ4n) is 5.39. The molecule has 8 nitrogen and oxygen atoms in total. The molecule has 0 radical (unpaired) electrons. The molecule has 11 heteroatoms. The van der Waals surface area contributed by atoms with Crippen molar-refractivity contribution in [2.75, 3.05) is 58.4 Å². The van der Waals surface area contributed by atoms with Crippen LogP contribution in [0.25, 0.3) is 10.8 Å². The lowest BCUT2D eigenvalue weighted by Gasteiger charge is -2.38. The Hall–Kier alpha value is -3.67. The minimum atomic E-state index is -4.44. The summed E-state index contributed by atoms with van der Waals surface area (Å²) in [5, 5.41) is 11.2. The van der Waals surface area contributed by atoms with E-state index in [1.807, 2.05) is 54.3 Å². The number of fused-ring (bicyclic) bond motifs is 1. The number of alkyl halides is 3. The molecule has 3 aromatic rings. The normalized spacial score (nSPS) is 15.4. The van der Waals surface area contributed by atoms with Crippen LogP contribution in [0.5, 0.6) is 0 Å². The van der Waals surface area contributed by atoms with Gasteiger partial charge in [0, 0.05) is 51.6 Å². The number of carbonyl (C=O) groups excluding carboxylic acids is 2. The first-order valence-corrected chi connectivity index (χ1v) is 14.5. The van der Waals surface area contributed by atoms with Gasteiger partial charge in [0.2, 0.25) is 11.8 Å². The van der Waals surface area contributed by atoms with Crippen LogP contribution in [-0.2, 0) is 27.0 Å². The number of carbonyl (C=O) groups is 2. The highest BCUT2D eigenvalue weighted by atomic mass is 19.4. The minimum Gasteiger partial charge on any atom is -0.383 e. The van der Waals surface area contributed by atoms with E-state index in [1.165, 1.54) is 12.1 Å². The highest BCUT2D eigenvalue weighted by Gasteiger charge is 2.32. The van der Waals surface area contributed by atoms with Crippen molar-refractivity contribution in [3.05, 3.63) is 77.4 Å². The first-order valence-electron chi connectivity index (χ1n) is 14.5. The van der Waals surface area contributed by atoms with Crippen molar-refractivity contribution in [3.63, 3.8) is 0 Å². The van der Waals surface area contributed by atoms with E-state index in [-0.39, 0.29) is 37.4 Å². The number of halogens is 3. The molecule has 0 aliphatic carbocycles. The highest BCUT2D eigenvalue weighted by molar-refractivity contribution is 5.85. The van der Waals surface area contributed by atoms with Crippen LogP contribution in [0.1, 0.15) is 36.1 Å². The number of likely N-dealkylation sites (N-methyl/N-ethyl adjacent to an activating group) is 1. The number of benzene rings is 3. The van der Waals surface area contributed by atoms with Gasteiger partial charge in [-0.25, -0.2) is 0 Å². The number of piperazine rings is 1. The number of anilines is 1.